The van der Waals surface area contributed by atoms with Crippen LogP contribution in [0.2, 0.25) is 0 Å². The smallest absolute Gasteiger partial charge is 0.257 e. The predicted molar refractivity (Wildman–Crippen MR) is 135 cm³/mol. The van der Waals surface area contributed by atoms with Gasteiger partial charge in [-0.25, -0.2) is 9.97 Å². The summed E-state index contributed by atoms with van der Waals surface area (Å²) in [6.45, 7) is 12.0. The van der Waals surface area contributed by atoms with Gasteiger partial charge in [-0.05, 0) is 62.5 Å². The lowest BCUT2D eigenvalue weighted by Gasteiger charge is -2.43. The van der Waals surface area contributed by atoms with Gasteiger partial charge < -0.3 is 14.7 Å². The molecule has 0 radical (unpaired) electrons. The van der Waals surface area contributed by atoms with Crippen LogP contribution in [0, 0.1) is 25.7 Å². The molecule has 1 aromatic carbocycles. The van der Waals surface area contributed by atoms with Crippen LogP contribution in [0.4, 0.5) is 0 Å². The Morgan fingerprint density at radius 3 is 2.09 bits per heavy atom. The van der Waals surface area contributed by atoms with E-state index in [2.05, 4.69) is 45.2 Å². The Bertz CT molecular complexity index is 1050. The van der Waals surface area contributed by atoms with Crippen molar-refractivity contribution in [3.8, 4) is 0 Å². The lowest BCUT2D eigenvalue weighted by Crippen LogP contribution is -2.46. The maximum atomic E-state index is 13.2. The minimum absolute atomic E-state index is 0.0850. The maximum absolute atomic E-state index is 13.2. The van der Waals surface area contributed by atoms with E-state index >= 15 is 0 Å². The molecule has 2 unspecified atom stereocenters. The monoisotopic (exact) mass is 475 g/mol. The van der Waals surface area contributed by atoms with Crippen molar-refractivity contribution in [2.24, 2.45) is 11.8 Å². The average molecular weight is 476 g/mol. The highest BCUT2D eigenvalue weighted by Gasteiger charge is 2.43. The fourth-order valence-corrected chi connectivity index (χ4v) is 6.60. The van der Waals surface area contributed by atoms with E-state index in [1.165, 1.54) is 11.9 Å². The van der Waals surface area contributed by atoms with Gasteiger partial charge in [0, 0.05) is 46.2 Å². The Kier molecular flexibility index (Phi) is 6.62. The summed E-state index contributed by atoms with van der Waals surface area (Å²) in [5.74, 6) is 1.35. The second-order valence-electron chi connectivity index (χ2n) is 10.8. The van der Waals surface area contributed by atoms with Crippen molar-refractivity contribution < 1.29 is 9.59 Å². The van der Waals surface area contributed by atoms with Gasteiger partial charge in [0.25, 0.3) is 5.91 Å². The number of fused-ring (bicyclic) bond motifs is 1. The molecular weight excluding hydrogens is 438 g/mol. The molecule has 4 heterocycles. The largest absolute Gasteiger partial charge is 0.343 e. The molecule has 2 atom stereocenters. The number of aromatic nitrogens is 2. The summed E-state index contributed by atoms with van der Waals surface area (Å²) in [6.07, 6.45) is 4.70. The Morgan fingerprint density at radius 2 is 1.51 bits per heavy atom. The van der Waals surface area contributed by atoms with Crippen LogP contribution >= 0.6 is 0 Å². The molecule has 3 fully saturated rings. The first-order valence-corrected chi connectivity index (χ1v) is 13.0. The molecule has 0 N–H and O–H groups in total. The van der Waals surface area contributed by atoms with Gasteiger partial charge in [-0.3, -0.25) is 9.59 Å². The van der Waals surface area contributed by atoms with E-state index in [1.54, 1.807) is 6.92 Å². The van der Waals surface area contributed by atoms with Crippen molar-refractivity contribution in [2.75, 3.05) is 45.8 Å². The summed E-state index contributed by atoms with van der Waals surface area (Å²) in [7, 11) is 0. The third-order valence-electron chi connectivity index (χ3n) is 8.75. The summed E-state index contributed by atoms with van der Waals surface area (Å²) < 4.78 is 0. The third kappa shape index (κ3) is 4.70. The molecule has 1 aromatic heterocycles. The number of hydrogen-bond acceptors (Lipinski definition) is 5. The number of nitrogens with zero attached hydrogens (tertiary/aromatic N) is 5. The summed E-state index contributed by atoms with van der Waals surface area (Å²) in [5, 5.41) is 0. The fourth-order valence-electron chi connectivity index (χ4n) is 6.60. The molecule has 186 valence electrons. The third-order valence-corrected chi connectivity index (χ3v) is 8.75. The number of hydrogen-bond donors (Lipinski definition) is 0. The molecule has 2 amide bonds. The van der Waals surface area contributed by atoms with Crippen LogP contribution in [0.5, 0.6) is 0 Å². The number of rotatable bonds is 5. The van der Waals surface area contributed by atoms with E-state index in [0.29, 0.717) is 17.4 Å². The second kappa shape index (κ2) is 9.69. The number of amides is 2. The standard InChI is InChI=1S/C28H37N5O2/c1-20-26(21(2)30-19-29-20)27(35)33-17-23-15-31(16-24(23)18-33)12-9-28(25-7-5-4-6-8-25)10-13-32(14-11-28)22(3)34/h4-8,19,23-24H,9-18H2,1-3H3. The Morgan fingerprint density at radius 1 is 0.914 bits per heavy atom. The number of likely N-dealkylation sites (tertiary alicyclic amines) is 3. The van der Waals surface area contributed by atoms with E-state index in [9.17, 15) is 9.59 Å². The number of benzene rings is 1. The van der Waals surface area contributed by atoms with Crippen LogP contribution in [0.1, 0.15) is 53.5 Å². The summed E-state index contributed by atoms with van der Waals surface area (Å²) in [6, 6.07) is 10.9. The molecule has 7 nitrogen and oxygen atoms in total. The minimum Gasteiger partial charge on any atom is -0.343 e. The SMILES string of the molecule is CC(=O)N1CCC(CCN2CC3CN(C(=O)c4c(C)ncnc4C)CC3C2)(c2ccccc2)CC1. The molecule has 0 saturated carbocycles. The highest BCUT2D eigenvalue weighted by molar-refractivity contribution is 5.96. The van der Waals surface area contributed by atoms with Gasteiger partial charge in [-0.2, -0.15) is 0 Å². The molecule has 0 aliphatic carbocycles. The van der Waals surface area contributed by atoms with Gasteiger partial charge >= 0.3 is 0 Å². The highest BCUT2D eigenvalue weighted by atomic mass is 16.2. The van der Waals surface area contributed by atoms with Crippen LogP contribution in [-0.4, -0.2) is 82.3 Å². The van der Waals surface area contributed by atoms with Gasteiger partial charge in [0.1, 0.15) is 6.33 Å². The highest BCUT2D eigenvalue weighted by Crippen LogP contribution is 2.40. The van der Waals surface area contributed by atoms with Crippen molar-refractivity contribution in [1.82, 2.24) is 24.7 Å². The molecule has 3 aliphatic rings. The number of carbonyl (C=O) groups is 2. The first-order chi connectivity index (χ1) is 16.9. The van der Waals surface area contributed by atoms with E-state index < -0.39 is 0 Å². The van der Waals surface area contributed by atoms with Gasteiger partial charge in [-0.1, -0.05) is 30.3 Å². The molecular formula is C28H37N5O2. The van der Waals surface area contributed by atoms with Crippen LogP contribution in [0.3, 0.4) is 0 Å². The summed E-state index contributed by atoms with van der Waals surface area (Å²) in [5.41, 5.74) is 3.75. The zero-order chi connectivity index (χ0) is 24.6. The van der Waals surface area contributed by atoms with Crippen molar-refractivity contribution in [2.45, 2.75) is 45.4 Å². The fraction of sp³-hybridized carbons (Fsp3) is 0.571. The number of carbonyl (C=O) groups excluding carboxylic acids is 2. The van der Waals surface area contributed by atoms with Gasteiger partial charge in [-0.15, -0.1) is 0 Å². The molecule has 2 aromatic rings. The molecule has 5 rings (SSSR count). The summed E-state index contributed by atoms with van der Waals surface area (Å²) in [4.78, 5) is 40.2. The van der Waals surface area contributed by atoms with E-state index in [0.717, 1.165) is 76.5 Å². The molecule has 3 aliphatic heterocycles. The van der Waals surface area contributed by atoms with E-state index in [-0.39, 0.29) is 17.2 Å². The topological polar surface area (TPSA) is 69.6 Å². The van der Waals surface area contributed by atoms with Crippen LogP contribution in [0.15, 0.2) is 36.7 Å². The minimum atomic E-state index is 0.0850. The Hall–Kier alpha value is -2.80. The quantitative estimate of drug-likeness (QED) is 0.665. The molecule has 0 spiro atoms. The van der Waals surface area contributed by atoms with Crippen LogP contribution in [0.25, 0.3) is 0 Å². The average Bonchev–Trinajstić information content (AvgIpc) is 3.42. The van der Waals surface area contributed by atoms with Crippen LogP contribution < -0.4 is 0 Å². The maximum Gasteiger partial charge on any atom is 0.257 e. The van der Waals surface area contributed by atoms with Crippen molar-refractivity contribution in [3.63, 3.8) is 0 Å². The molecule has 7 heteroatoms. The van der Waals surface area contributed by atoms with Gasteiger partial charge in [0.2, 0.25) is 5.91 Å². The molecule has 0 bridgehead atoms. The van der Waals surface area contributed by atoms with E-state index in [4.69, 9.17) is 0 Å². The lowest BCUT2D eigenvalue weighted by molar-refractivity contribution is -0.130. The molecule has 3 saturated heterocycles. The second-order valence-corrected chi connectivity index (χ2v) is 10.8. The number of aryl methyl sites for hydroxylation is 2. The zero-order valence-electron chi connectivity index (χ0n) is 21.2. The first-order valence-electron chi connectivity index (χ1n) is 13.0. The Labute approximate surface area is 208 Å². The Balaban J connectivity index is 1.20. The van der Waals surface area contributed by atoms with E-state index in [1.807, 2.05) is 23.6 Å². The van der Waals surface area contributed by atoms with Crippen LogP contribution in [-0.2, 0) is 10.2 Å². The zero-order valence-corrected chi connectivity index (χ0v) is 21.2. The predicted octanol–water partition coefficient (Wildman–Crippen LogP) is 3.07. The number of piperidine rings is 1. The van der Waals surface area contributed by atoms with Crippen molar-refractivity contribution in [3.05, 3.63) is 59.2 Å². The van der Waals surface area contributed by atoms with Gasteiger partial charge in [0.15, 0.2) is 0 Å². The summed E-state index contributed by atoms with van der Waals surface area (Å²) >= 11 is 0. The van der Waals surface area contributed by atoms with Crippen molar-refractivity contribution in [1.29, 1.82) is 0 Å². The molecule has 35 heavy (non-hydrogen) atoms. The first kappa shape index (κ1) is 23.9. The lowest BCUT2D eigenvalue weighted by atomic mass is 9.70. The van der Waals surface area contributed by atoms with Gasteiger partial charge in [0.05, 0.1) is 17.0 Å². The van der Waals surface area contributed by atoms with Crippen molar-refractivity contribution >= 4 is 11.8 Å². The normalized spacial score (nSPS) is 24.0.